The van der Waals surface area contributed by atoms with E-state index in [1.54, 1.807) is 0 Å². The molecule has 3 heteroatoms. The molecule has 0 spiro atoms. The van der Waals surface area contributed by atoms with Crippen LogP contribution in [0.2, 0.25) is 0 Å². The predicted molar refractivity (Wildman–Crippen MR) is 63.3 cm³/mol. The second-order valence-electron chi connectivity index (χ2n) is 5.04. The summed E-state index contributed by atoms with van der Waals surface area (Å²) in [6.07, 6.45) is 7.43. The summed E-state index contributed by atoms with van der Waals surface area (Å²) < 4.78 is 2.16. The molecular weight excluding hydrogens is 198 g/mol. The van der Waals surface area contributed by atoms with Gasteiger partial charge in [-0.25, -0.2) is 9.97 Å². The van der Waals surface area contributed by atoms with Crippen molar-refractivity contribution in [3.8, 4) is 0 Å². The van der Waals surface area contributed by atoms with E-state index in [0.717, 1.165) is 30.5 Å². The van der Waals surface area contributed by atoms with Crippen molar-refractivity contribution >= 4 is 5.78 Å². The summed E-state index contributed by atoms with van der Waals surface area (Å²) in [5.41, 5.74) is 2.64. The van der Waals surface area contributed by atoms with Crippen LogP contribution in [0.15, 0.2) is 18.5 Å². The van der Waals surface area contributed by atoms with Crippen molar-refractivity contribution in [2.75, 3.05) is 0 Å². The molecule has 0 bridgehead atoms. The van der Waals surface area contributed by atoms with Crippen LogP contribution in [0.3, 0.4) is 0 Å². The standard InChI is InChI=1S/C13H17N3/c1-9(2)10-4-5-11-12(8-10)16-7-3-6-14-13(16)15-11/h3,6-7,9-10H,4-5,8H2,1-2H3. The Labute approximate surface area is 95.5 Å². The third kappa shape index (κ3) is 1.42. The summed E-state index contributed by atoms with van der Waals surface area (Å²) >= 11 is 0. The molecule has 1 atom stereocenters. The van der Waals surface area contributed by atoms with Crippen molar-refractivity contribution in [1.82, 2.24) is 14.4 Å². The summed E-state index contributed by atoms with van der Waals surface area (Å²) in [6.45, 7) is 4.63. The maximum atomic E-state index is 4.60. The van der Waals surface area contributed by atoms with Crippen molar-refractivity contribution in [3.63, 3.8) is 0 Å². The summed E-state index contributed by atoms with van der Waals surface area (Å²) in [6, 6.07) is 1.98. The van der Waals surface area contributed by atoms with Gasteiger partial charge in [0, 0.05) is 18.1 Å². The highest BCUT2D eigenvalue weighted by atomic mass is 15.1. The Bertz CT molecular complexity index is 513. The minimum atomic E-state index is 0.760. The van der Waals surface area contributed by atoms with E-state index in [1.807, 2.05) is 12.3 Å². The maximum Gasteiger partial charge on any atom is 0.234 e. The molecule has 0 saturated heterocycles. The molecule has 3 nitrogen and oxygen atoms in total. The predicted octanol–water partition coefficient (Wildman–Crippen LogP) is 2.49. The van der Waals surface area contributed by atoms with Gasteiger partial charge in [-0.3, -0.25) is 4.40 Å². The van der Waals surface area contributed by atoms with E-state index in [0.29, 0.717) is 0 Å². The molecule has 1 aliphatic rings. The maximum absolute atomic E-state index is 4.60. The lowest BCUT2D eigenvalue weighted by atomic mass is 9.82. The van der Waals surface area contributed by atoms with E-state index in [-0.39, 0.29) is 0 Å². The van der Waals surface area contributed by atoms with Gasteiger partial charge < -0.3 is 0 Å². The fourth-order valence-corrected chi connectivity index (χ4v) is 2.64. The third-order valence-corrected chi connectivity index (χ3v) is 3.74. The first kappa shape index (κ1) is 9.82. The molecule has 0 aromatic carbocycles. The Morgan fingerprint density at radius 3 is 3.12 bits per heavy atom. The molecule has 0 amide bonds. The second-order valence-corrected chi connectivity index (χ2v) is 5.04. The molecule has 16 heavy (non-hydrogen) atoms. The van der Waals surface area contributed by atoms with Gasteiger partial charge >= 0.3 is 0 Å². The Balaban J connectivity index is 2.08. The first-order valence-corrected chi connectivity index (χ1v) is 6.06. The highest BCUT2D eigenvalue weighted by molar-refractivity contribution is 5.36. The smallest absolute Gasteiger partial charge is 0.234 e. The normalized spacial score (nSPS) is 20.3. The number of aryl methyl sites for hydroxylation is 1. The number of aromatic nitrogens is 3. The molecule has 3 rings (SSSR count). The van der Waals surface area contributed by atoms with Crippen LogP contribution in [0.4, 0.5) is 0 Å². The van der Waals surface area contributed by atoms with E-state index in [4.69, 9.17) is 0 Å². The molecule has 84 valence electrons. The molecule has 2 aromatic heterocycles. The van der Waals surface area contributed by atoms with Crippen LogP contribution in [0.1, 0.15) is 31.7 Å². The number of hydrogen-bond acceptors (Lipinski definition) is 2. The van der Waals surface area contributed by atoms with Gasteiger partial charge in [-0.1, -0.05) is 13.8 Å². The van der Waals surface area contributed by atoms with Crippen molar-refractivity contribution in [3.05, 3.63) is 29.8 Å². The number of fused-ring (bicyclic) bond motifs is 3. The van der Waals surface area contributed by atoms with Crippen molar-refractivity contribution < 1.29 is 0 Å². The third-order valence-electron chi connectivity index (χ3n) is 3.74. The SMILES string of the molecule is CC(C)C1CCc2nc3ncccn3c2C1. The molecule has 1 aliphatic carbocycles. The molecule has 1 unspecified atom stereocenters. The molecule has 0 N–H and O–H groups in total. The van der Waals surface area contributed by atoms with E-state index in [1.165, 1.54) is 17.8 Å². The van der Waals surface area contributed by atoms with Gasteiger partial charge in [-0.2, -0.15) is 0 Å². The van der Waals surface area contributed by atoms with Crippen LogP contribution in [-0.4, -0.2) is 14.4 Å². The zero-order chi connectivity index (χ0) is 11.1. The highest BCUT2D eigenvalue weighted by Gasteiger charge is 2.25. The van der Waals surface area contributed by atoms with Crippen LogP contribution in [0.5, 0.6) is 0 Å². The summed E-state index contributed by atoms with van der Waals surface area (Å²) in [5, 5.41) is 0. The molecule has 2 heterocycles. The van der Waals surface area contributed by atoms with Crippen molar-refractivity contribution in [2.45, 2.75) is 33.1 Å². The van der Waals surface area contributed by atoms with Crippen LogP contribution >= 0.6 is 0 Å². The van der Waals surface area contributed by atoms with Crippen molar-refractivity contribution in [2.24, 2.45) is 11.8 Å². The highest BCUT2D eigenvalue weighted by Crippen LogP contribution is 2.29. The summed E-state index contributed by atoms with van der Waals surface area (Å²) in [4.78, 5) is 8.91. The molecule has 2 aromatic rings. The van der Waals surface area contributed by atoms with Gasteiger partial charge in [-0.15, -0.1) is 0 Å². The topological polar surface area (TPSA) is 30.2 Å². The summed E-state index contributed by atoms with van der Waals surface area (Å²) in [7, 11) is 0. The zero-order valence-corrected chi connectivity index (χ0v) is 9.85. The van der Waals surface area contributed by atoms with Crippen LogP contribution in [0.25, 0.3) is 5.78 Å². The number of nitrogens with zero attached hydrogens (tertiary/aromatic N) is 3. The average molecular weight is 215 g/mol. The number of imidazole rings is 1. The number of hydrogen-bond donors (Lipinski definition) is 0. The second kappa shape index (κ2) is 3.58. The Morgan fingerprint density at radius 2 is 2.31 bits per heavy atom. The fraction of sp³-hybridized carbons (Fsp3) is 0.538. The lowest BCUT2D eigenvalue weighted by Gasteiger charge is -2.24. The first-order chi connectivity index (χ1) is 7.75. The van der Waals surface area contributed by atoms with Gasteiger partial charge in [0.2, 0.25) is 5.78 Å². The Morgan fingerprint density at radius 1 is 1.44 bits per heavy atom. The minimum absolute atomic E-state index is 0.760. The van der Waals surface area contributed by atoms with E-state index < -0.39 is 0 Å². The van der Waals surface area contributed by atoms with Crippen molar-refractivity contribution in [1.29, 1.82) is 0 Å². The van der Waals surface area contributed by atoms with E-state index in [2.05, 4.69) is 34.4 Å². The lowest BCUT2D eigenvalue weighted by Crippen LogP contribution is -2.19. The van der Waals surface area contributed by atoms with Gasteiger partial charge in [0.25, 0.3) is 0 Å². The van der Waals surface area contributed by atoms with Gasteiger partial charge in [-0.05, 0) is 37.2 Å². The Kier molecular flexibility index (Phi) is 2.20. The first-order valence-electron chi connectivity index (χ1n) is 6.06. The molecule has 0 fully saturated rings. The van der Waals surface area contributed by atoms with Gasteiger partial charge in [0.1, 0.15) is 0 Å². The molecule has 0 aliphatic heterocycles. The molecule has 0 radical (unpaired) electrons. The largest absolute Gasteiger partial charge is 0.288 e. The van der Waals surface area contributed by atoms with Crippen LogP contribution in [-0.2, 0) is 12.8 Å². The van der Waals surface area contributed by atoms with Crippen LogP contribution < -0.4 is 0 Å². The number of rotatable bonds is 1. The molecular formula is C13H17N3. The lowest BCUT2D eigenvalue weighted by molar-refractivity contribution is 0.337. The Hall–Kier alpha value is -1.38. The van der Waals surface area contributed by atoms with E-state index in [9.17, 15) is 0 Å². The van der Waals surface area contributed by atoms with Gasteiger partial charge in [0.05, 0.1) is 5.69 Å². The average Bonchev–Trinajstić information content (AvgIpc) is 2.66. The quantitative estimate of drug-likeness (QED) is 0.731. The molecule has 0 saturated carbocycles. The monoisotopic (exact) mass is 215 g/mol. The van der Waals surface area contributed by atoms with E-state index >= 15 is 0 Å². The zero-order valence-electron chi connectivity index (χ0n) is 9.85. The van der Waals surface area contributed by atoms with Crippen LogP contribution in [0, 0.1) is 11.8 Å². The minimum Gasteiger partial charge on any atom is -0.288 e. The summed E-state index contributed by atoms with van der Waals surface area (Å²) in [5.74, 6) is 2.42. The van der Waals surface area contributed by atoms with Gasteiger partial charge in [0.15, 0.2) is 0 Å². The fourth-order valence-electron chi connectivity index (χ4n) is 2.64.